The van der Waals surface area contributed by atoms with E-state index in [4.69, 9.17) is 0 Å². The molecule has 4 rings (SSSR count). The van der Waals surface area contributed by atoms with Crippen molar-refractivity contribution in [2.24, 2.45) is 0 Å². The predicted octanol–water partition coefficient (Wildman–Crippen LogP) is 2.56. The highest BCUT2D eigenvalue weighted by molar-refractivity contribution is 7.17. The summed E-state index contributed by atoms with van der Waals surface area (Å²) in [5.41, 5.74) is 0. The number of rotatable bonds is 4. The molecule has 1 aliphatic rings. The van der Waals surface area contributed by atoms with E-state index >= 15 is 0 Å². The Kier molecular flexibility index (Phi) is 3.67. The zero-order valence-electron chi connectivity index (χ0n) is 12.7. The molecular weight excluding hydrogens is 296 g/mol. The maximum absolute atomic E-state index is 4.42. The summed E-state index contributed by atoms with van der Waals surface area (Å²) in [6.07, 6.45) is 10.8. The van der Waals surface area contributed by atoms with Crippen LogP contribution in [0.1, 0.15) is 48.8 Å². The third kappa shape index (κ3) is 2.55. The van der Waals surface area contributed by atoms with Crippen molar-refractivity contribution in [1.82, 2.24) is 29.5 Å². The largest absolute Gasteiger partial charge is 0.314 e. The van der Waals surface area contributed by atoms with Gasteiger partial charge in [-0.3, -0.25) is 4.40 Å². The van der Waals surface area contributed by atoms with E-state index in [1.165, 1.54) is 24.1 Å². The Labute approximate surface area is 133 Å². The van der Waals surface area contributed by atoms with Gasteiger partial charge in [-0.1, -0.05) is 6.42 Å². The average molecular weight is 316 g/mol. The van der Waals surface area contributed by atoms with Crippen molar-refractivity contribution in [3.05, 3.63) is 35.1 Å². The van der Waals surface area contributed by atoms with Gasteiger partial charge in [0.1, 0.15) is 11.6 Å². The van der Waals surface area contributed by atoms with Crippen molar-refractivity contribution in [2.75, 3.05) is 0 Å². The number of aromatic nitrogens is 5. The van der Waals surface area contributed by atoms with Crippen LogP contribution in [0.15, 0.2) is 18.6 Å². The van der Waals surface area contributed by atoms with Gasteiger partial charge in [-0.25, -0.2) is 4.98 Å². The molecule has 0 saturated carbocycles. The molecule has 1 unspecified atom stereocenters. The minimum Gasteiger partial charge on any atom is -0.314 e. The van der Waals surface area contributed by atoms with E-state index in [0.717, 1.165) is 36.1 Å². The van der Waals surface area contributed by atoms with Gasteiger partial charge in [0.15, 0.2) is 4.96 Å². The molecule has 0 spiro atoms. The Hall–Kier alpha value is -1.73. The highest BCUT2D eigenvalue weighted by Crippen LogP contribution is 2.20. The van der Waals surface area contributed by atoms with Crippen LogP contribution in [0, 0.1) is 0 Å². The van der Waals surface area contributed by atoms with E-state index < -0.39 is 0 Å². The molecule has 6 nitrogen and oxygen atoms in total. The Morgan fingerprint density at radius 3 is 3.18 bits per heavy atom. The number of imidazole rings is 1. The molecular formula is C15H20N6S. The zero-order chi connectivity index (χ0) is 14.9. The van der Waals surface area contributed by atoms with Gasteiger partial charge in [-0.15, -0.1) is 21.5 Å². The molecule has 7 heteroatoms. The van der Waals surface area contributed by atoms with E-state index in [9.17, 15) is 0 Å². The van der Waals surface area contributed by atoms with Gasteiger partial charge in [-0.05, 0) is 19.8 Å². The number of aryl methyl sites for hydroxylation is 1. The van der Waals surface area contributed by atoms with Crippen LogP contribution in [0.25, 0.3) is 4.96 Å². The second kappa shape index (κ2) is 5.81. The fourth-order valence-corrected chi connectivity index (χ4v) is 3.92. The van der Waals surface area contributed by atoms with E-state index in [1.807, 2.05) is 12.4 Å². The number of thiazole rings is 1. The molecule has 1 N–H and O–H groups in total. The first-order valence-electron chi connectivity index (χ1n) is 7.88. The molecule has 0 saturated heterocycles. The van der Waals surface area contributed by atoms with Crippen LogP contribution in [-0.2, 0) is 19.5 Å². The molecule has 1 aliphatic heterocycles. The van der Waals surface area contributed by atoms with Crippen molar-refractivity contribution < 1.29 is 0 Å². The Balaban J connectivity index is 1.46. The summed E-state index contributed by atoms with van der Waals surface area (Å²) in [6, 6.07) is 0.203. The van der Waals surface area contributed by atoms with Crippen molar-refractivity contribution in [3.8, 4) is 0 Å². The Morgan fingerprint density at radius 1 is 1.32 bits per heavy atom. The molecule has 3 aromatic heterocycles. The normalized spacial score (nSPS) is 16.6. The van der Waals surface area contributed by atoms with Crippen LogP contribution >= 0.6 is 11.3 Å². The standard InChI is InChI=1S/C15H20N6S/c1-11(14-19-18-13-5-3-2-4-7-21(13)14)17-9-12-10-20-8-6-16-15(20)22-12/h6,8,10-11,17H,2-5,7,9H2,1H3. The molecule has 0 amide bonds. The number of nitrogens with zero attached hydrogens (tertiary/aromatic N) is 5. The molecule has 4 heterocycles. The predicted molar refractivity (Wildman–Crippen MR) is 85.9 cm³/mol. The fraction of sp³-hybridized carbons (Fsp3) is 0.533. The molecule has 116 valence electrons. The van der Waals surface area contributed by atoms with E-state index in [0.29, 0.717) is 0 Å². The molecule has 1 atom stereocenters. The summed E-state index contributed by atoms with van der Waals surface area (Å²) >= 11 is 1.72. The van der Waals surface area contributed by atoms with Gasteiger partial charge in [0.25, 0.3) is 0 Å². The number of hydrogen-bond donors (Lipinski definition) is 1. The molecule has 0 aliphatic carbocycles. The maximum atomic E-state index is 4.42. The van der Waals surface area contributed by atoms with Crippen molar-refractivity contribution >= 4 is 16.3 Å². The first-order valence-corrected chi connectivity index (χ1v) is 8.69. The number of fused-ring (bicyclic) bond motifs is 2. The monoisotopic (exact) mass is 316 g/mol. The first kappa shape index (κ1) is 13.9. The fourth-order valence-electron chi connectivity index (χ4n) is 3.03. The third-order valence-electron chi connectivity index (χ3n) is 4.25. The molecule has 3 aromatic rings. The molecule has 0 aromatic carbocycles. The molecule has 0 radical (unpaired) electrons. The van der Waals surface area contributed by atoms with Crippen molar-refractivity contribution in [2.45, 2.75) is 51.7 Å². The quantitative estimate of drug-likeness (QED) is 0.803. The summed E-state index contributed by atoms with van der Waals surface area (Å²) in [6.45, 7) is 4.05. The van der Waals surface area contributed by atoms with Gasteiger partial charge < -0.3 is 9.88 Å². The van der Waals surface area contributed by atoms with E-state index in [2.05, 4.69) is 42.6 Å². The van der Waals surface area contributed by atoms with E-state index in [1.54, 1.807) is 11.3 Å². The van der Waals surface area contributed by atoms with Gasteiger partial charge in [0, 0.05) is 43.0 Å². The second-order valence-corrected chi connectivity index (χ2v) is 6.95. The van der Waals surface area contributed by atoms with Gasteiger partial charge in [-0.2, -0.15) is 0 Å². The second-order valence-electron chi connectivity index (χ2n) is 5.85. The van der Waals surface area contributed by atoms with Crippen LogP contribution in [0.4, 0.5) is 0 Å². The summed E-state index contributed by atoms with van der Waals surface area (Å²) in [5, 5.41) is 12.4. The van der Waals surface area contributed by atoms with Crippen LogP contribution in [-0.4, -0.2) is 24.1 Å². The summed E-state index contributed by atoms with van der Waals surface area (Å²) in [7, 11) is 0. The lowest BCUT2D eigenvalue weighted by Crippen LogP contribution is -2.22. The van der Waals surface area contributed by atoms with Crippen LogP contribution < -0.4 is 5.32 Å². The number of nitrogens with one attached hydrogen (secondary N) is 1. The zero-order valence-corrected chi connectivity index (χ0v) is 13.5. The number of hydrogen-bond acceptors (Lipinski definition) is 5. The summed E-state index contributed by atoms with van der Waals surface area (Å²) in [5.74, 6) is 2.22. The highest BCUT2D eigenvalue weighted by atomic mass is 32.1. The third-order valence-corrected chi connectivity index (χ3v) is 5.26. The SMILES string of the molecule is CC(NCc1cn2ccnc2s1)c1nnc2n1CCCCC2. The van der Waals surface area contributed by atoms with Crippen molar-refractivity contribution in [3.63, 3.8) is 0 Å². The molecule has 0 bridgehead atoms. The van der Waals surface area contributed by atoms with E-state index in [-0.39, 0.29) is 6.04 Å². The highest BCUT2D eigenvalue weighted by Gasteiger charge is 2.19. The van der Waals surface area contributed by atoms with Gasteiger partial charge in [0.05, 0.1) is 6.04 Å². The summed E-state index contributed by atoms with van der Waals surface area (Å²) < 4.78 is 4.38. The van der Waals surface area contributed by atoms with Gasteiger partial charge in [0.2, 0.25) is 0 Å². The molecule has 0 fully saturated rings. The van der Waals surface area contributed by atoms with Crippen molar-refractivity contribution in [1.29, 1.82) is 0 Å². The van der Waals surface area contributed by atoms with Crippen LogP contribution in [0.2, 0.25) is 0 Å². The van der Waals surface area contributed by atoms with Crippen LogP contribution in [0.5, 0.6) is 0 Å². The minimum absolute atomic E-state index is 0.203. The maximum Gasteiger partial charge on any atom is 0.193 e. The average Bonchev–Trinajstić information content (AvgIpc) is 3.16. The van der Waals surface area contributed by atoms with Gasteiger partial charge >= 0.3 is 0 Å². The smallest absolute Gasteiger partial charge is 0.193 e. The lowest BCUT2D eigenvalue weighted by Gasteiger charge is -2.14. The summed E-state index contributed by atoms with van der Waals surface area (Å²) in [4.78, 5) is 6.64. The lowest BCUT2D eigenvalue weighted by atomic mass is 10.2. The van der Waals surface area contributed by atoms with Crippen LogP contribution in [0.3, 0.4) is 0 Å². The molecule has 22 heavy (non-hydrogen) atoms. The Morgan fingerprint density at radius 2 is 2.27 bits per heavy atom. The lowest BCUT2D eigenvalue weighted by molar-refractivity contribution is 0.503. The Bertz CT molecular complexity index is 742. The first-order chi connectivity index (χ1) is 10.8. The minimum atomic E-state index is 0.203. The topological polar surface area (TPSA) is 60.0 Å².